The molecule has 1 unspecified atom stereocenters. The Morgan fingerprint density at radius 3 is 3.13 bits per heavy atom. The molecule has 0 aliphatic carbocycles. The average Bonchev–Trinajstić information content (AvgIpc) is 2.84. The van der Waals surface area contributed by atoms with E-state index in [1.165, 1.54) is 11.3 Å². The number of thiophene rings is 1. The van der Waals surface area contributed by atoms with Crippen molar-refractivity contribution in [2.24, 2.45) is 5.92 Å². The first-order chi connectivity index (χ1) is 7.25. The minimum Gasteiger partial charge on any atom is -0.351 e. The Bertz CT molecular complexity index is 347. The molecule has 5 heteroatoms. The van der Waals surface area contributed by atoms with Crippen LogP contribution in [0.15, 0.2) is 12.1 Å². The lowest BCUT2D eigenvalue weighted by molar-refractivity contribution is -0.124. The third-order valence-corrected chi connectivity index (χ3v) is 3.73. The molecule has 0 spiro atoms. The van der Waals surface area contributed by atoms with Crippen molar-refractivity contribution < 1.29 is 4.79 Å². The third-order valence-electron chi connectivity index (χ3n) is 2.50. The van der Waals surface area contributed by atoms with Gasteiger partial charge in [0, 0.05) is 11.4 Å². The summed E-state index contributed by atoms with van der Waals surface area (Å²) in [5.41, 5.74) is 0. The highest BCUT2D eigenvalue weighted by molar-refractivity contribution is 7.16. The van der Waals surface area contributed by atoms with Gasteiger partial charge in [-0.25, -0.2) is 0 Å². The Morgan fingerprint density at radius 1 is 1.67 bits per heavy atom. The molecule has 0 aromatic carbocycles. The first-order valence-corrected chi connectivity index (χ1v) is 6.18. The number of nitrogens with one attached hydrogen (secondary N) is 2. The van der Waals surface area contributed by atoms with E-state index in [2.05, 4.69) is 10.6 Å². The summed E-state index contributed by atoms with van der Waals surface area (Å²) < 4.78 is 0.766. The van der Waals surface area contributed by atoms with Crippen LogP contribution >= 0.6 is 22.9 Å². The lowest BCUT2D eigenvalue weighted by Crippen LogP contribution is -2.31. The van der Waals surface area contributed by atoms with Gasteiger partial charge in [0.15, 0.2) is 0 Å². The molecule has 2 rings (SSSR count). The van der Waals surface area contributed by atoms with Gasteiger partial charge in [-0.2, -0.15) is 0 Å². The van der Waals surface area contributed by atoms with Crippen LogP contribution in [0.5, 0.6) is 0 Å². The molecule has 2 N–H and O–H groups in total. The molecular weight excluding hydrogens is 232 g/mol. The number of carbonyl (C=O) groups excluding carboxylic acids is 1. The molecule has 0 radical (unpaired) electrons. The smallest absolute Gasteiger partial charge is 0.224 e. The summed E-state index contributed by atoms with van der Waals surface area (Å²) >= 11 is 7.31. The van der Waals surface area contributed by atoms with Gasteiger partial charge in [-0.1, -0.05) is 11.6 Å². The monoisotopic (exact) mass is 244 g/mol. The SMILES string of the molecule is O=C(NCc1ccc(Cl)s1)C1CCNC1. The Labute approximate surface area is 97.8 Å². The molecule has 0 saturated carbocycles. The van der Waals surface area contributed by atoms with Crippen molar-refractivity contribution in [1.29, 1.82) is 0 Å². The number of hydrogen-bond donors (Lipinski definition) is 2. The zero-order chi connectivity index (χ0) is 10.7. The fourth-order valence-electron chi connectivity index (χ4n) is 1.64. The minimum absolute atomic E-state index is 0.139. The number of halogens is 1. The topological polar surface area (TPSA) is 41.1 Å². The molecule has 82 valence electrons. The molecule has 1 aromatic heterocycles. The molecule has 0 bridgehead atoms. The molecule has 2 heterocycles. The van der Waals surface area contributed by atoms with Gasteiger partial charge in [-0.05, 0) is 25.1 Å². The Morgan fingerprint density at radius 2 is 2.53 bits per heavy atom. The van der Waals surface area contributed by atoms with Gasteiger partial charge >= 0.3 is 0 Å². The van der Waals surface area contributed by atoms with Crippen molar-refractivity contribution >= 4 is 28.8 Å². The van der Waals surface area contributed by atoms with Gasteiger partial charge in [0.25, 0.3) is 0 Å². The van der Waals surface area contributed by atoms with E-state index < -0.39 is 0 Å². The maximum absolute atomic E-state index is 11.6. The molecule has 1 fully saturated rings. The fourth-order valence-corrected chi connectivity index (χ4v) is 2.67. The summed E-state index contributed by atoms with van der Waals surface area (Å²) in [6.07, 6.45) is 0.941. The predicted molar refractivity (Wildman–Crippen MR) is 62.2 cm³/mol. The Balaban J connectivity index is 1.80. The maximum atomic E-state index is 11.6. The van der Waals surface area contributed by atoms with Gasteiger partial charge in [0.05, 0.1) is 16.8 Å². The van der Waals surface area contributed by atoms with E-state index in [4.69, 9.17) is 11.6 Å². The standard InChI is InChI=1S/C10H13ClN2OS/c11-9-2-1-8(15-9)6-13-10(14)7-3-4-12-5-7/h1-2,7,12H,3-6H2,(H,13,14). The highest BCUT2D eigenvalue weighted by atomic mass is 35.5. The zero-order valence-electron chi connectivity index (χ0n) is 8.25. The van der Waals surface area contributed by atoms with Crippen LogP contribution in [0.1, 0.15) is 11.3 Å². The van der Waals surface area contributed by atoms with Gasteiger partial charge in [-0.15, -0.1) is 11.3 Å². The van der Waals surface area contributed by atoms with Crippen LogP contribution in [0.4, 0.5) is 0 Å². The largest absolute Gasteiger partial charge is 0.351 e. The summed E-state index contributed by atoms with van der Waals surface area (Å²) in [6, 6.07) is 3.80. The van der Waals surface area contributed by atoms with Gasteiger partial charge in [-0.3, -0.25) is 4.79 Å². The third kappa shape index (κ3) is 2.93. The summed E-state index contributed by atoms with van der Waals surface area (Å²) in [5, 5.41) is 6.10. The van der Waals surface area contributed by atoms with Crippen molar-refractivity contribution in [2.75, 3.05) is 13.1 Å². The van der Waals surface area contributed by atoms with E-state index in [1.54, 1.807) is 0 Å². The van der Waals surface area contributed by atoms with Crippen LogP contribution in [0, 0.1) is 5.92 Å². The zero-order valence-corrected chi connectivity index (χ0v) is 9.83. The predicted octanol–water partition coefficient (Wildman–Crippen LogP) is 1.63. The second-order valence-electron chi connectivity index (χ2n) is 3.61. The summed E-state index contributed by atoms with van der Waals surface area (Å²) in [5.74, 6) is 0.282. The second-order valence-corrected chi connectivity index (χ2v) is 5.41. The highest BCUT2D eigenvalue weighted by Crippen LogP contribution is 2.21. The molecule has 1 aliphatic heterocycles. The van der Waals surface area contributed by atoms with Gasteiger partial charge < -0.3 is 10.6 Å². The molecule has 3 nitrogen and oxygen atoms in total. The van der Waals surface area contributed by atoms with Crippen LogP contribution in [0.2, 0.25) is 4.34 Å². The number of rotatable bonds is 3. The van der Waals surface area contributed by atoms with Crippen LogP contribution in [-0.4, -0.2) is 19.0 Å². The molecular formula is C10H13ClN2OS. The lowest BCUT2D eigenvalue weighted by atomic mass is 10.1. The van der Waals surface area contributed by atoms with Gasteiger partial charge in [0.2, 0.25) is 5.91 Å². The van der Waals surface area contributed by atoms with Crippen LogP contribution in [-0.2, 0) is 11.3 Å². The van der Waals surface area contributed by atoms with Gasteiger partial charge in [0.1, 0.15) is 0 Å². The highest BCUT2D eigenvalue weighted by Gasteiger charge is 2.21. The van der Waals surface area contributed by atoms with E-state index in [9.17, 15) is 4.79 Å². The summed E-state index contributed by atoms with van der Waals surface area (Å²) in [4.78, 5) is 12.7. The first kappa shape index (κ1) is 10.9. The number of carbonyl (C=O) groups is 1. The van der Waals surface area contributed by atoms with E-state index in [0.717, 1.165) is 28.7 Å². The number of hydrogen-bond acceptors (Lipinski definition) is 3. The molecule has 1 atom stereocenters. The van der Waals surface area contributed by atoms with Crippen molar-refractivity contribution in [2.45, 2.75) is 13.0 Å². The molecule has 1 amide bonds. The fraction of sp³-hybridized carbons (Fsp3) is 0.500. The van der Waals surface area contributed by atoms with E-state index in [-0.39, 0.29) is 11.8 Å². The van der Waals surface area contributed by atoms with E-state index in [1.807, 2.05) is 12.1 Å². The van der Waals surface area contributed by atoms with E-state index in [0.29, 0.717) is 6.54 Å². The van der Waals surface area contributed by atoms with Crippen molar-refractivity contribution in [3.8, 4) is 0 Å². The van der Waals surface area contributed by atoms with Crippen LogP contribution in [0.3, 0.4) is 0 Å². The molecule has 1 aliphatic rings. The average molecular weight is 245 g/mol. The summed E-state index contributed by atoms with van der Waals surface area (Å²) in [6.45, 7) is 2.34. The maximum Gasteiger partial charge on any atom is 0.224 e. The minimum atomic E-state index is 0.139. The summed E-state index contributed by atoms with van der Waals surface area (Å²) in [7, 11) is 0. The Kier molecular flexibility index (Phi) is 3.61. The van der Waals surface area contributed by atoms with Crippen molar-refractivity contribution in [3.63, 3.8) is 0 Å². The quantitative estimate of drug-likeness (QED) is 0.849. The van der Waals surface area contributed by atoms with Crippen molar-refractivity contribution in [1.82, 2.24) is 10.6 Å². The normalized spacial score (nSPS) is 20.5. The first-order valence-electron chi connectivity index (χ1n) is 4.98. The molecule has 1 saturated heterocycles. The lowest BCUT2D eigenvalue weighted by Gasteiger charge is -2.08. The van der Waals surface area contributed by atoms with E-state index >= 15 is 0 Å². The number of amides is 1. The van der Waals surface area contributed by atoms with Crippen LogP contribution < -0.4 is 10.6 Å². The molecule has 1 aromatic rings. The van der Waals surface area contributed by atoms with Crippen LogP contribution in [0.25, 0.3) is 0 Å². The molecule has 15 heavy (non-hydrogen) atoms. The Hall–Kier alpha value is -0.580. The second kappa shape index (κ2) is 4.96. The van der Waals surface area contributed by atoms with Crippen molar-refractivity contribution in [3.05, 3.63) is 21.3 Å².